The van der Waals surface area contributed by atoms with Crippen molar-refractivity contribution in [2.24, 2.45) is 0 Å². The normalized spacial score (nSPS) is 15.8. The van der Waals surface area contributed by atoms with Gasteiger partial charge in [-0.2, -0.15) is 4.31 Å². The first-order valence-corrected chi connectivity index (χ1v) is 13.2. The van der Waals surface area contributed by atoms with Gasteiger partial charge in [-0.3, -0.25) is 4.90 Å². The summed E-state index contributed by atoms with van der Waals surface area (Å²) in [5, 5.41) is 8.60. The summed E-state index contributed by atoms with van der Waals surface area (Å²) in [5.41, 5.74) is 2.10. The zero-order valence-electron chi connectivity index (χ0n) is 18.1. The number of nitrogens with zero attached hydrogens (tertiary/aromatic N) is 4. The third-order valence-corrected chi connectivity index (χ3v) is 8.62. The fourth-order valence-electron chi connectivity index (χ4n) is 3.57. The molecule has 0 radical (unpaired) electrons. The maximum Gasteiger partial charge on any atom is 0.243 e. The molecule has 0 bridgehead atoms. The fourth-order valence-corrected chi connectivity index (χ4v) is 6.00. The molecule has 4 rings (SSSR count). The van der Waals surface area contributed by atoms with Gasteiger partial charge < -0.3 is 5.32 Å². The second kappa shape index (κ2) is 9.80. The van der Waals surface area contributed by atoms with Crippen molar-refractivity contribution in [1.29, 1.82) is 0 Å². The summed E-state index contributed by atoms with van der Waals surface area (Å²) in [6, 6.07) is 17.1. The van der Waals surface area contributed by atoms with Crippen LogP contribution in [0.25, 0.3) is 0 Å². The highest BCUT2D eigenvalue weighted by atomic mass is 32.2. The van der Waals surface area contributed by atoms with Gasteiger partial charge >= 0.3 is 0 Å². The molecule has 1 N–H and O–H groups in total. The van der Waals surface area contributed by atoms with E-state index in [0.717, 1.165) is 16.4 Å². The minimum Gasteiger partial charge on any atom is -0.330 e. The van der Waals surface area contributed by atoms with Gasteiger partial charge in [0.1, 0.15) is 0 Å². The number of sulfonamides is 1. The van der Waals surface area contributed by atoms with Crippen LogP contribution >= 0.6 is 23.6 Å². The molecule has 0 spiro atoms. The van der Waals surface area contributed by atoms with Gasteiger partial charge in [0.15, 0.2) is 3.95 Å². The van der Waals surface area contributed by atoms with Crippen molar-refractivity contribution >= 4 is 44.4 Å². The standard InChI is InChI=1S/C22H27N5O2S3/c1-17(2)18-8-10-20(11-9-18)32(28,29)26-14-12-25(13-15-26)16-27-22(30)31-21(24-27)23-19-6-4-3-5-7-19/h3-11,17H,12-16H2,1-2H3,(H,23,24). The lowest BCUT2D eigenvalue weighted by atomic mass is 10.0. The van der Waals surface area contributed by atoms with Crippen LogP contribution < -0.4 is 5.32 Å². The number of nitrogens with one attached hydrogen (secondary N) is 1. The van der Waals surface area contributed by atoms with Gasteiger partial charge in [0.2, 0.25) is 15.2 Å². The van der Waals surface area contributed by atoms with Crippen molar-refractivity contribution in [1.82, 2.24) is 19.0 Å². The highest BCUT2D eigenvalue weighted by Crippen LogP contribution is 2.23. The maximum absolute atomic E-state index is 13.0. The number of rotatable bonds is 7. The topological polar surface area (TPSA) is 70.5 Å². The lowest BCUT2D eigenvalue weighted by molar-refractivity contribution is 0.145. The molecule has 3 aromatic rings. The lowest BCUT2D eigenvalue weighted by Gasteiger charge is -2.33. The van der Waals surface area contributed by atoms with Crippen molar-refractivity contribution in [3.8, 4) is 0 Å². The summed E-state index contributed by atoms with van der Waals surface area (Å²) < 4.78 is 30.1. The Kier molecular flexibility index (Phi) is 7.06. The van der Waals surface area contributed by atoms with Gasteiger partial charge in [-0.05, 0) is 48.0 Å². The summed E-state index contributed by atoms with van der Waals surface area (Å²) in [4.78, 5) is 2.53. The lowest BCUT2D eigenvalue weighted by Crippen LogP contribution is -2.48. The Labute approximate surface area is 198 Å². The van der Waals surface area contributed by atoms with Gasteiger partial charge in [-0.1, -0.05) is 55.5 Å². The second-order valence-electron chi connectivity index (χ2n) is 8.05. The van der Waals surface area contributed by atoms with E-state index in [9.17, 15) is 8.42 Å². The van der Waals surface area contributed by atoms with E-state index in [2.05, 4.69) is 29.2 Å². The van der Waals surface area contributed by atoms with Crippen LogP contribution in [0.15, 0.2) is 59.5 Å². The third-order valence-electron chi connectivity index (χ3n) is 5.48. The van der Waals surface area contributed by atoms with Crippen LogP contribution in [-0.4, -0.2) is 53.6 Å². The number of anilines is 2. The number of hydrogen-bond donors (Lipinski definition) is 1. The predicted molar refractivity (Wildman–Crippen MR) is 132 cm³/mol. The molecular weight excluding hydrogens is 462 g/mol. The molecule has 0 saturated carbocycles. The first-order chi connectivity index (χ1) is 15.3. The molecule has 2 aromatic carbocycles. The Balaban J connectivity index is 1.36. The Hall–Kier alpha value is -2.11. The van der Waals surface area contributed by atoms with Crippen LogP contribution in [0.5, 0.6) is 0 Å². The van der Waals surface area contributed by atoms with Crippen molar-refractivity contribution in [2.75, 3.05) is 31.5 Å². The van der Waals surface area contributed by atoms with E-state index in [1.807, 2.05) is 42.5 Å². The molecule has 170 valence electrons. The van der Waals surface area contributed by atoms with Crippen LogP contribution in [0.2, 0.25) is 0 Å². The SMILES string of the molecule is CC(C)c1ccc(S(=O)(=O)N2CCN(Cn3nc(Nc4ccccc4)sc3=S)CC2)cc1. The molecule has 0 aliphatic carbocycles. The molecule has 1 aliphatic heterocycles. The monoisotopic (exact) mass is 489 g/mol. The summed E-state index contributed by atoms with van der Waals surface area (Å²) in [6.07, 6.45) is 0. The van der Waals surface area contributed by atoms with Crippen molar-refractivity contribution < 1.29 is 8.42 Å². The molecule has 1 saturated heterocycles. The van der Waals surface area contributed by atoms with Crippen molar-refractivity contribution in [3.05, 3.63) is 64.1 Å². The van der Waals surface area contributed by atoms with Gasteiger partial charge in [-0.25, -0.2) is 13.1 Å². The fraction of sp³-hybridized carbons (Fsp3) is 0.364. The first-order valence-electron chi connectivity index (χ1n) is 10.6. The van der Waals surface area contributed by atoms with E-state index >= 15 is 0 Å². The van der Waals surface area contributed by atoms with Gasteiger partial charge in [0.25, 0.3) is 0 Å². The third kappa shape index (κ3) is 5.26. The van der Waals surface area contributed by atoms with E-state index in [4.69, 9.17) is 12.2 Å². The van der Waals surface area contributed by atoms with E-state index in [1.165, 1.54) is 11.3 Å². The number of aromatic nitrogens is 2. The van der Waals surface area contributed by atoms with Crippen molar-refractivity contribution in [3.63, 3.8) is 0 Å². The van der Waals surface area contributed by atoms with Crippen LogP contribution in [0, 0.1) is 3.95 Å². The zero-order chi connectivity index (χ0) is 22.7. The minimum atomic E-state index is -3.48. The largest absolute Gasteiger partial charge is 0.330 e. The molecule has 0 atom stereocenters. The molecular formula is C22H27N5O2S3. The molecule has 1 fully saturated rings. The van der Waals surface area contributed by atoms with Gasteiger partial charge in [0, 0.05) is 31.9 Å². The van der Waals surface area contributed by atoms with Crippen LogP contribution in [-0.2, 0) is 16.7 Å². The number of hydrogen-bond acceptors (Lipinski definition) is 7. The average Bonchev–Trinajstić information content (AvgIpc) is 3.13. The van der Waals surface area contributed by atoms with E-state index < -0.39 is 10.0 Å². The minimum absolute atomic E-state index is 0.355. The second-order valence-corrected chi connectivity index (χ2v) is 11.6. The van der Waals surface area contributed by atoms with E-state index in [1.54, 1.807) is 21.1 Å². The highest BCUT2D eigenvalue weighted by Gasteiger charge is 2.28. The Bertz CT molecular complexity index is 1200. The zero-order valence-corrected chi connectivity index (χ0v) is 20.6. The van der Waals surface area contributed by atoms with E-state index in [-0.39, 0.29) is 0 Å². The van der Waals surface area contributed by atoms with E-state index in [0.29, 0.717) is 47.6 Å². The summed E-state index contributed by atoms with van der Waals surface area (Å²) in [6.45, 7) is 6.88. The maximum atomic E-state index is 13.0. The average molecular weight is 490 g/mol. The summed E-state index contributed by atoms with van der Waals surface area (Å²) >= 11 is 6.90. The molecule has 32 heavy (non-hydrogen) atoms. The number of piperazine rings is 1. The number of benzene rings is 2. The number of para-hydroxylation sites is 1. The van der Waals surface area contributed by atoms with Gasteiger partial charge in [0.05, 0.1) is 11.6 Å². The van der Waals surface area contributed by atoms with Crippen LogP contribution in [0.1, 0.15) is 25.3 Å². The van der Waals surface area contributed by atoms with Crippen molar-refractivity contribution in [2.45, 2.75) is 31.3 Å². The Morgan fingerprint density at radius 3 is 2.31 bits per heavy atom. The first kappa shape index (κ1) is 23.1. The molecule has 1 aliphatic rings. The van der Waals surface area contributed by atoms with Crippen LogP contribution in [0.4, 0.5) is 10.8 Å². The molecule has 7 nitrogen and oxygen atoms in total. The summed E-state index contributed by atoms with van der Waals surface area (Å²) in [7, 11) is -3.48. The highest BCUT2D eigenvalue weighted by molar-refractivity contribution is 7.89. The van der Waals surface area contributed by atoms with Crippen LogP contribution in [0.3, 0.4) is 0 Å². The summed E-state index contributed by atoms with van der Waals surface area (Å²) in [5.74, 6) is 0.371. The Morgan fingerprint density at radius 2 is 1.69 bits per heavy atom. The molecule has 1 aromatic heterocycles. The predicted octanol–water partition coefficient (Wildman–Crippen LogP) is 4.51. The Morgan fingerprint density at radius 1 is 1.03 bits per heavy atom. The molecule has 0 unspecified atom stereocenters. The molecule has 0 amide bonds. The van der Waals surface area contributed by atoms with Gasteiger partial charge in [-0.15, -0.1) is 5.10 Å². The smallest absolute Gasteiger partial charge is 0.243 e. The quantitative estimate of drug-likeness (QED) is 0.493. The molecule has 2 heterocycles. The molecule has 10 heteroatoms.